The van der Waals surface area contributed by atoms with E-state index in [0.29, 0.717) is 0 Å². The lowest BCUT2D eigenvalue weighted by molar-refractivity contribution is -0.110. The Bertz CT molecular complexity index is 217. The number of hydroxylamine groups is 2. The molecule has 1 rings (SSSR count). The molecule has 1 saturated heterocycles. The number of β-amino-alcohol motifs (C(OH)–C–C–N with tert-alkyl or cyclic N) is 1. The van der Waals surface area contributed by atoms with Crippen LogP contribution in [0.15, 0.2) is 0 Å². The average molecular weight is 203 g/mol. The number of carbonyl (C=O) groups excluding carboxylic acids is 1. The molecular weight excluding hydrogens is 186 g/mol. The maximum atomic E-state index is 11.4. The molecule has 1 N–H and O–H groups in total. The maximum absolute atomic E-state index is 11.4. The quantitative estimate of drug-likeness (QED) is 0.725. The molecule has 1 heterocycles. The summed E-state index contributed by atoms with van der Waals surface area (Å²) < 4.78 is 5.17. The van der Waals surface area contributed by atoms with Crippen LogP contribution in [0.5, 0.6) is 0 Å². The zero-order chi connectivity index (χ0) is 10.8. The fraction of sp³-hybridized carbons (Fsp3) is 0.889. The van der Waals surface area contributed by atoms with Crippen LogP contribution < -0.4 is 0 Å². The molecule has 14 heavy (non-hydrogen) atoms. The predicted octanol–water partition coefficient (Wildman–Crippen LogP) is 0.920. The van der Waals surface area contributed by atoms with Crippen molar-refractivity contribution in [2.24, 2.45) is 0 Å². The molecule has 1 atom stereocenters. The lowest BCUT2D eigenvalue weighted by Gasteiger charge is -2.25. The number of hydrogen-bond donors (Lipinski definition) is 1. The van der Waals surface area contributed by atoms with Crippen molar-refractivity contribution in [2.75, 3.05) is 13.2 Å². The molecule has 0 saturated carbocycles. The highest BCUT2D eigenvalue weighted by atomic mass is 16.7. The first-order valence-electron chi connectivity index (χ1n) is 4.76. The van der Waals surface area contributed by atoms with Crippen LogP contribution in [0.25, 0.3) is 0 Å². The van der Waals surface area contributed by atoms with Crippen molar-refractivity contribution in [3.05, 3.63) is 0 Å². The van der Waals surface area contributed by atoms with Crippen LogP contribution >= 0.6 is 0 Å². The Labute approximate surface area is 83.5 Å². The van der Waals surface area contributed by atoms with Crippen molar-refractivity contribution in [1.29, 1.82) is 0 Å². The van der Waals surface area contributed by atoms with Gasteiger partial charge in [0.15, 0.2) is 0 Å². The number of ether oxygens (including phenoxy) is 1. The molecule has 5 heteroatoms. The van der Waals surface area contributed by atoms with E-state index in [2.05, 4.69) is 0 Å². The molecule has 0 aromatic rings. The van der Waals surface area contributed by atoms with Gasteiger partial charge in [-0.2, -0.15) is 5.06 Å². The first-order valence-corrected chi connectivity index (χ1v) is 4.76. The molecule has 0 radical (unpaired) electrons. The van der Waals surface area contributed by atoms with Gasteiger partial charge in [-0.1, -0.05) is 6.92 Å². The Morgan fingerprint density at radius 3 is 2.79 bits per heavy atom. The minimum Gasteiger partial charge on any atom is -0.442 e. The molecule has 0 aliphatic carbocycles. The van der Waals surface area contributed by atoms with E-state index in [4.69, 9.17) is 14.7 Å². The minimum absolute atomic E-state index is 0.154. The van der Waals surface area contributed by atoms with Crippen molar-refractivity contribution in [3.63, 3.8) is 0 Å². The number of rotatable bonds is 2. The first-order chi connectivity index (χ1) is 6.44. The Balaban J connectivity index is 2.43. The molecule has 0 spiro atoms. The van der Waals surface area contributed by atoms with Gasteiger partial charge in [-0.05, 0) is 20.3 Å². The van der Waals surface area contributed by atoms with Gasteiger partial charge in [0.1, 0.15) is 18.3 Å². The maximum Gasteiger partial charge on any atom is 0.434 e. The molecule has 1 amide bonds. The van der Waals surface area contributed by atoms with Crippen LogP contribution in [0, 0.1) is 0 Å². The number of nitrogens with zero attached hydrogens (tertiary/aromatic N) is 1. The first kappa shape index (κ1) is 11.3. The third-order valence-electron chi connectivity index (χ3n) is 2.22. The van der Waals surface area contributed by atoms with Crippen molar-refractivity contribution in [2.45, 2.75) is 38.9 Å². The number of hydrogen-bond acceptors (Lipinski definition) is 4. The van der Waals surface area contributed by atoms with Gasteiger partial charge in [0, 0.05) is 0 Å². The van der Waals surface area contributed by atoms with Crippen molar-refractivity contribution >= 4 is 6.09 Å². The second-order valence-corrected chi connectivity index (χ2v) is 3.99. The zero-order valence-electron chi connectivity index (χ0n) is 8.82. The Kier molecular flexibility index (Phi) is 3.34. The van der Waals surface area contributed by atoms with Crippen LogP contribution in [0.4, 0.5) is 4.79 Å². The second kappa shape index (κ2) is 4.14. The van der Waals surface area contributed by atoms with Gasteiger partial charge in [0.25, 0.3) is 0 Å². The van der Waals surface area contributed by atoms with Gasteiger partial charge in [-0.3, -0.25) is 4.84 Å². The molecular formula is C9H17NO4. The molecule has 5 nitrogen and oxygen atoms in total. The summed E-state index contributed by atoms with van der Waals surface area (Å²) in [5.74, 6) is 0. The standard InChI is InChI=1S/C9H17NO4/c1-4-9(2,3)14-8(12)10-5-7(11)6-13-10/h7,11H,4-6H2,1-3H3. The smallest absolute Gasteiger partial charge is 0.434 e. The SMILES string of the molecule is CCC(C)(C)OC(=O)N1CC(O)CO1. The molecule has 1 fully saturated rings. The molecule has 1 aliphatic heterocycles. The Morgan fingerprint density at radius 2 is 2.36 bits per heavy atom. The lowest BCUT2D eigenvalue weighted by Crippen LogP contribution is -2.36. The summed E-state index contributed by atoms with van der Waals surface area (Å²) in [6, 6.07) is 0. The summed E-state index contributed by atoms with van der Waals surface area (Å²) in [6.45, 7) is 5.93. The van der Waals surface area contributed by atoms with Crippen LogP contribution in [-0.2, 0) is 9.57 Å². The number of carbonyl (C=O) groups is 1. The van der Waals surface area contributed by atoms with Gasteiger partial charge in [-0.15, -0.1) is 0 Å². The van der Waals surface area contributed by atoms with E-state index in [1.54, 1.807) is 0 Å². The summed E-state index contributed by atoms with van der Waals surface area (Å²) in [6.07, 6.45) is -0.407. The highest BCUT2D eigenvalue weighted by Crippen LogP contribution is 2.17. The fourth-order valence-corrected chi connectivity index (χ4v) is 0.960. The van der Waals surface area contributed by atoms with Crippen LogP contribution in [-0.4, -0.2) is 41.1 Å². The monoisotopic (exact) mass is 203 g/mol. The summed E-state index contributed by atoms with van der Waals surface area (Å²) in [4.78, 5) is 16.4. The number of amides is 1. The van der Waals surface area contributed by atoms with Crippen molar-refractivity contribution < 1.29 is 19.5 Å². The summed E-state index contributed by atoms with van der Waals surface area (Å²) in [5, 5.41) is 10.2. The third kappa shape index (κ3) is 2.85. The normalized spacial score (nSPS) is 22.6. The molecule has 1 aliphatic rings. The van der Waals surface area contributed by atoms with E-state index in [0.717, 1.165) is 11.5 Å². The van der Waals surface area contributed by atoms with Gasteiger partial charge in [0.05, 0.1) is 6.54 Å². The predicted molar refractivity (Wildman–Crippen MR) is 49.5 cm³/mol. The number of aliphatic hydroxyl groups is 1. The molecule has 0 aromatic carbocycles. The minimum atomic E-state index is -0.604. The van der Waals surface area contributed by atoms with Crippen molar-refractivity contribution in [1.82, 2.24) is 5.06 Å². The molecule has 82 valence electrons. The zero-order valence-corrected chi connectivity index (χ0v) is 8.82. The summed E-state index contributed by atoms with van der Waals surface area (Å²) in [5.41, 5.74) is -0.492. The van der Waals surface area contributed by atoms with E-state index in [9.17, 15) is 4.79 Å². The van der Waals surface area contributed by atoms with E-state index in [1.165, 1.54) is 0 Å². The Hall–Kier alpha value is -0.810. The van der Waals surface area contributed by atoms with E-state index < -0.39 is 17.8 Å². The summed E-state index contributed by atoms with van der Waals surface area (Å²) in [7, 11) is 0. The van der Waals surface area contributed by atoms with E-state index >= 15 is 0 Å². The van der Waals surface area contributed by atoms with Gasteiger partial charge >= 0.3 is 6.09 Å². The van der Waals surface area contributed by atoms with E-state index in [1.807, 2.05) is 20.8 Å². The van der Waals surface area contributed by atoms with Crippen LogP contribution in [0.1, 0.15) is 27.2 Å². The van der Waals surface area contributed by atoms with Crippen LogP contribution in [0.3, 0.4) is 0 Å². The largest absolute Gasteiger partial charge is 0.442 e. The van der Waals surface area contributed by atoms with Gasteiger partial charge in [-0.25, -0.2) is 4.79 Å². The Morgan fingerprint density at radius 1 is 1.71 bits per heavy atom. The molecule has 1 unspecified atom stereocenters. The molecule has 0 bridgehead atoms. The van der Waals surface area contributed by atoms with Crippen molar-refractivity contribution in [3.8, 4) is 0 Å². The number of aliphatic hydroxyl groups excluding tert-OH is 1. The highest BCUT2D eigenvalue weighted by molar-refractivity contribution is 5.67. The summed E-state index contributed by atoms with van der Waals surface area (Å²) >= 11 is 0. The van der Waals surface area contributed by atoms with Crippen LogP contribution in [0.2, 0.25) is 0 Å². The fourth-order valence-electron chi connectivity index (χ4n) is 0.960. The highest BCUT2D eigenvalue weighted by Gasteiger charge is 2.31. The van der Waals surface area contributed by atoms with E-state index in [-0.39, 0.29) is 13.2 Å². The lowest BCUT2D eigenvalue weighted by atomic mass is 10.1. The van der Waals surface area contributed by atoms with Gasteiger partial charge < -0.3 is 9.84 Å². The topological polar surface area (TPSA) is 59.0 Å². The van der Waals surface area contributed by atoms with Gasteiger partial charge in [0.2, 0.25) is 0 Å². The second-order valence-electron chi connectivity index (χ2n) is 3.99. The third-order valence-corrected chi connectivity index (χ3v) is 2.22. The molecule has 0 aromatic heterocycles. The average Bonchev–Trinajstić information content (AvgIpc) is 2.51.